The predicted molar refractivity (Wildman–Crippen MR) is 147 cm³/mol. The zero-order chi connectivity index (χ0) is 29.3. The molecule has 0 spiro atoms. The molecule has 41 heavy (non-hydrogen) atoms. The molecular formula is C30H25F3N2O5S. The Hall–Kier alpha value is -4.38. The Morgan fingerprint density at radius 2 is 1.80 bits per heavy atom. The van der Waals surface area contributed by atoms with Gasteiger partial charge in [-0.3, -0.25) is 9.36 Å². The summed E-state index contributed by atoms with van der Waals surface area (Å²) in [7, 11) is 0. The lowest BCUT2D eigenvalue weighted by Gasteiger charge is -2.24. The van der Waals surface area contributed by atoms with E-state index >= 15 is 0 Å². The second-order valence-electron chi connectivity index (χ2n) is 9.05. The van der Waals surface area contributed by atoms with Crippen LogP contribution < -0.4 is 19.6 Å². The van der Waals surface area contributed by atoms with Crippen LogP contribution in [-0.4, -0.2) is 23.8 Å². The summed E-state index contributed by atoms with van der Waals surface area (Å²) in [5, 5.41) is 0. The highest BCUT2D eigenvalue weighted by Crippen LogP contribution is 2.37. The molecule has 5 rings (SSSR count). The van der Waals surface area contributed by atoms with E-state index in [0.29, 0.717) is 28.4 Å². The van der Waals surface area contributed by atoms with Crippen molar-refractivity contribution < 1.29 is 31.9 Å². The zero-order valence-corrected chi connectivity index (χ0v) is 23.1. The standard InChI is InChI=1S/C30H25F3N2O5S/c1-4-38-19-12-10-18(11-13-19)26-25(28(37)39-5-2)17(3)34-29-35(26)27(36)24(41-29)16-20-14-15-23(40-20)21-8-6-7-9-22(21)30(31,32)33/h6-16,26H,4-5H2,1-3H3/b24-16-/t26-/m1/s1. The molecule has 4 aromatic rings. The highest BCUT2D eigenvalue weighted by Gasteiger charge is 2.35. The Balaban J connectivity index is 1.62. The maximum absolute atomic E-state index is 13.8. The van der Waals surface area contributed by atoms with Gasteiger partial charge in [-0.25, -0.2) is 9.79 Å². The van der Waals surface area contributed by atoms with Crippen molar-refractivity contribution in [3.05, 3.63) is 109 Å². The van der Waals surface area contributed by atoms with Gasteiger partial charge in [-0.15, -0.1) is 0 Å². The summed E-state index contributed by atoms with van der Waals surface area (Å²) >= 11 is 1.09. The molecule has 212 valence electrons. The van der Waals surface area contributed by atoms with Crippen LogP contribution in [0.4, 0.5) is 13.2 Å². The van der Waals surface area contributed by atoms with E-state index in [0.717, 1.165) is 17.4 Å². The fourth-order valence-corrected chi connectivity index (χ4v) is 5.70. The molecule has 0 fully saturated rings. The Morgan fingerprint density at radius 3 is 2.49 bits per heavy atom. The van der Waals surface area contributed by atoms with Crippen molar-refractivity contribution in [3.63, 3.8) is 0 Å². The smallest absolute Gasteiger partial charge is 0.417 e. The van der Waals surface area contributed by atoms with Crippen LogP contribution in [-0.2, 0) is 15.7 Å². The lowest BCUT2D eigenvalue weighted by Crippen LogP contribution is -2.39. The van der Waals surface area contributed by atoms with Crippen LogP contribution >= 0.6 is 11.3 Å². The van der Waals surface area contributed by atoms with Crippen LogP contribution in [0.2, 0.25) is 0 Å². The summed E-state index contributed by atoms with van der Waals surface area (Å²) in [6, 6.07) is 14.3. The van der Waals surface area contributed by atoms with Crippen molar-refractivity contribution in [2.24, 2.45) is 4.99 Å². The SMILES string of the molecule is CCOC(=O)C1=C(C)N=c2s/c(=C\c3ccc(-c4ccccc4C(F)(F)F)o3)c(=O)n2[C@@H]1c1ccc(OCC)cc1. The van der Waals surface area contributed by atoms with Crippen LogP contribution in [0.25, 0.3) is 17.4 Å². The third-order valence-electron chi connectivity index (χ3n) is 6.42. The molecule has 0 aliphatic carbocycles. The largest absolute Gasteiger partial charge is 0.494 e. The summed E-state index contributed by atoms with van der Waals surface area (Å²) in [6.07, 6.45) is -3.10. The topological polar surface area (TPSA) is 83.0 Å². The van der Waals surface area contributed by atoms with Crippen molar-refractivity contribution in [1.82, 2.24) is 4.57 Å². The van der Waals surface area contributed by atoms with E-state index in [9.17, 15) is 22.8 Å². The van der Waals surface area contributed by atoms with Gasteiger partial charge in [0.1, 0.15) is 17.3 Å². The minimum atomic E-state index is -4.56. The summed E-state index contributed by atoms with van der Waals surface area (Å²) in [5.41, 5.74) is -0.0554. The number of alkyl halides is 3. The van der Waals surface area contributed by atoms with Crippen LogP contribution in [0, 0.1) is 0 Å². The number of rotatable bonds is 7. The zero-order valence-electron chi connectivity index (χ0n) is 22.3. The fourth-order valence-electron chi connectivity index (χ4n) is 4.67. The van der Waals surface area contributed by atoms with Gasteiger partial charge in [0, 0.05) is 11.6 Å². The number of hydrogen-bond acceptors (Lipinski definition) is 7. The monoisotopic (exact) mass is 582 g/mol. The average Bonchev–Trinajstić information content (AvgIpc) is 3.52. The molecule has 1 aliphatic rings. The number of allylic oxidation sites excluding steroid dienone is 1. The summed E-state index contributed by atoms with van der Waals surface area (Å²) < 4.78 is 58.8. The molecule has 7 nitrogen and oxygen atoms in total. The Kier molecular flexibility index (Phi) is 7.72. The van der Waals surface area contributed by atoms with E-state index in [1.54, 1.807) is 38.1 Å². The lowest BCUT2D eigenvalue weighted by atomic mass is 9.96. The Labute approximate surface area is 236 Å². The first-order valence-electron chi connectivity index (χ1n) is 12.8. The normalized spacial score (nSPS) is 15.5. The van der Waals surface area contributed by atoms with E-state index in [-0.39, 0.29) is 33.8 Å². The maximum Gasteiger partial charge on any atom is 0.417 e. The number of furan rings is 1. The Morgan fingerprint density at radius 1 is 1.07 bits per heavy atom. The van der Waals surface area contributed by atoms with Gasteiger partial charge < -0.3 is 13.9 Å². The number of benzene rings is 2. The number of aromatic nitrogens is 1. The molecule has 0 unspecified atom stereocenters. The molecule has 3 heterocycles. The molecule has 1 atom stereocenters. The number of carbonyl (C=O) groups excluding carboxylic acids is 1. The van der Waals surface area contributed by atoms with Crippen LogP contribution in [0.5, 0.6) is 5.75 Å². The van der Waals surface area contributed by atoms with Crippen LogP contribution in [0.15, 0.2) is 86.1 Å². The average molecular weight is 583 g/mol. The number of esters is 1. The minimum absolute atomic E-state index is 0.0182. The van der Waals surface area contributed by atoms with Crippen molar-refractivity contribution >= 4 is 23.4 Å². The molecule has 2 aromatic carbocycles. The van der Waals surface area contributed by atoms with Gasteiger partial charge in [0.25, 0.3) is 5.56 Å². The quantitative estimate of drug-likeness (QED) is 0.270. The highest BCUT2D eigenvalue weighted by molar-refractivity contribution is 7.07. The molecule has 0 amide bonds. The van der Waals surface area contributed by atoms with Gasteiger partial charge in [0.05, 0.1) is 40.6 Å². The first kappa shape index (κ1) is 28.2. The van der Waals surface area contributed by atoms with Crippen molar-refractivity contribution in [3.8, 4) is 17.1 Å². The number of carbonyl (C=O) groups is 1. The predicted octanol–water partition coefficient (Wildman–Crippen LogP) is 5.48. The lowest BCUT2D eigenvalue weighted by molar-refractivity contribution is -0.139. The summed E-state index contributed by atoms with van der Waals surface area (Å²) in [6.45, 7) is 5.88. The summed E-state index contributed by atoms with van der Waals surface area (Å²) in [5.74, 6) is 0.273. The van der Waals surface area contributed by atoms with Crippen LogP contribution in [0.1, 0.15) is 43.7 Å². The van der Waals surface area contributed by atoms with E-state index in [1.165, 1.54) is 41.0 Å². The molecule has 0 N–H and O–H groups in total. The van der Waals surface area contributed by atoms with E-state index in [2.05, 4.69) is 4.99 Å². The molecule has 0 bridgehead atoms. The molecule has 0 radical (unpaired) electrons. The molecule has 1 aliphatic heterocycles. The molecule has 0 saturated heterocycles. The third kappa shape index (κ3) is 5.49. The minimum Gasteiger partial charge on any atom is -0.494 e. The van der Waals surface area contributed by atoms with Crippen molar-refractivity contribution in [2.75, 3.05) is 13.2 Å². The van der Waals surface area contributed by atoms with Gasteiger partial charge in [-0.1, -0.05) is 41.7 Å². The molecule has 0 saturated carbocycles. The van der Waals surface area contributed by atoms with E-state index < -0.39 is 29.3 Å². The first-order valence-corrected chi connectivity index (χ1v) is 13.6. The maximum atomic E-state index is 13.8. The van der Waals surface area contributed by atoms with Gasteiger partial charge in [-0.05, 0) is 56.7 Å². The van der Waals surface area contributed by atoms with E-state index in [4.69, 9.17) is 13.9 Å². The van der Waals surface area contributed by atoms with Crippen LogP contribution in [0.3, 0.4) is 0 Å². The van der Waals surface area contributed by atoms with Gasteiger partial charge in [0.15, 0.2) is 4.80 Å². The molecule has 2 aromatic heterocycles. The third-order valence-corrected chi connectivity index (χ3v) is 7.40. The van der Waals surface area contributed by atoms with Crippen molar-refractivity contribution in [2.45, 2.75) is 33.0 Å². The molecule has 11 heteroatoms. The Bertz CT molecular complexity index is 1810. The number of nitrogens with zero attached hydrogens (tertiary/aromatic N) is 2. The van der Waals surface area contributed by atoms with Gasteiger partial charge >= 0.3 is 12.1 Å². The second kappa shape index (κ2) is 11.2. The highest BCUT2D eigenvalue weighted by atomic mass is 32.1. The number of ether oxygens (including phenoxy) is 2. The van der Waals surface area contributed by atoms with Gasteiger partial charge in [-0.2, -0.15) is 13.2 Å². The number of fused-ring (bicyclic) bond motifs is 1. The number of hydrogen-bond donors (Lipinski definition) is 0. The van der Waals surface area contributed by atoms with Crippen molar-refractivity contribution in [1.29, 1.82) is 0 Å². The van der Waals surface area contributed by atoms with E-state index in [1.807, 2.05) is 6.92 Å². The number of halogens is 3. The second-order valence-corrected chi connectivity index (χ2v) is 10.1. The number of thiazole rings is 1. The van der Waals surface area contributed by atoms with Gasteiger partial charge in [0.2, 0.25) is 0 Å². The molecular weight excluding hydrogens is 557 g/mol. The first-order chi connectivity index (χ1) is 19.6. The summed E-state index contributed by atoms with van der Waals surface area (Å²) in [4.78, 5) is 31.7. The fraction of sp³-hybridized carbons (Fsp3) is 0.233.